The summed E-state index contributed by atoms with van der Waals surface area (Å²) in [5, 5.41) is 13.7. The van der Waals surface area contributed by atoms with Crippen LogP contribution in [0.2, 0.25) is 0 Å². The van der Waals surface area contributed by atoms with E-state index < -0.39 is 5.60 Å². The van der Waals surface area contributed by atoms with Crippen LogP contribution >= 0.6 is 15.9 Å². The van der Waals surface area contributed by atoms with Crippen molar-refractivity contribution in [2.24, 2.45) is 0 Å². The van der Waals surface area contributed by atoms with Gasteiger partial charge in [0, 0.05) is 52.4 Å². The number of ether oxygens (including phenoxy) is 1. The molecule has 1 aliphatic heterocycles. The zero-order valence-corrected chi connectivity index (χ0v) is 13.5. The second kappa shape index (κ2) is 6.69. The van der Waals surface area contributed by atoms with Crippen LogP contribution in [0.25, 0.3) is 0 Å². The highest BCUT2D eigenvalue weighted by Gasteiger charge is 2.31. The molecule has 6 nitrogen and oxygen atoms in total. The molecule has 0 amide bonds. The second-order valence-electron chi connectivity index (χ2n) is 5.09. The summed E-state index contributed by atoms with van der Waals surface area (Å²) in [5.41, 5.74) is -0.713. The fourth-order valence-corrected chi connectivity index (χ4v) is 2.79. The number of anilines is 2. The van der Waals surface area contributed by atoms with Crippen LogP contribution in [0.15, 0.2) is 10.7 Å². The molecule has 1 aliphatic rings. The number of likely N-dealkylation sites (N-methyl/N-ethyl adjacent to an activating group) is 1. The first-order valence-corrected chi connectivity index (χ1v) is 7.61. The third kappa shape index (κ3) is 3.80. The van der Waals surface area contributed by atoms with Gasteiger partial charge in [0.15, 0.2) is 0 Å². The average molecular weight is 345 g/mol. The van der Waals surface area contributed by atoms with Crippen molar-refractivity contribution >= 4 is 27.7 Å². The van der Waals surface area contributed by atoms with Crippen LogP contribution in [0.3, 0.4) is 0 Å². The normalized spacial score (nSPS) is 17.8. The minimum Gasteiger partial charge on any atom is -0.388 e. The summed E-state index contributed by atoms with van der Waals surface area (Å²) in [6.07, 6.45) is 3.03. The molecule has 1 aromatic rings. The van der Waals surface area contributed by atoms with Gasteiger partial charge < -0.3 is 20.1 Å². The highest BCUT2D eigenvalue weighted by atomic mass is 79.9. The first-order chi connectivity index (χ1) is 9.54. The van der Waals surface area contributed by atoms with Crippen LogP contribution in [0.5, 0.6) is 0 Å². The molecule has 1 saturated heterocycles. The number of aliphatic hydroxyl groups is 1. The number of nitrogens with one attached hydrogen (secondary N) is 1. The SMILES string of the molecule is CCNc1ncc(Br)c(N(C)CC2(O)CCOCC2)n1. The molecular formula is C13H21BrN4O2. The first kappa shape index (κ1) is 15.5. The van der Waals surface area contributed by atoms with Crippen molar-refractivity contribution < 1.29 is 9.84 Å². The first-order valence-electron chi connectivity index (χ1n) is 6.82. The molecule has 0 radical (unpaired) electrons. The molecule has 2 N–H and O–H groups in total. The van der Waals surface area contributed by atoms with Gasteiger partial charge in [-0.25, -0.2) is 4.98 Å². The van der Waals surface area contributed by atoms with E-state index in [0.29, 0.717) is 38.5 Å². The number of aromatic nitrogens is 2. The fourth-order valence-electron chi connectivity index (χ4n) is 2.29. The van der Waals surface area contributed by atoms with Gasteiger partial charge in [0.1, 0.15) is 5.82 Å². The van der Waals surface area contributed by atoms with E-state index in [1.807, 2.05) is 18.9 Å². The van der Waals surface area contributed by atoms with Gasteiger partial charge in [-0.05, 0) is 22.9 Å². The maximum absolute atomic E-state index is 10.6. The summed E-state index contributed by atoms with van der Waals surface area (Å²) in [7, 11) is 1.93. The Morgan fingerprint density at radius 2 is 2.20 bits per heavy atom. The lowest BCUT2D eigenvalue weighted by atomic mass is 9.94. The average Bonchev–Trinajstić information content (AvgIpc) is 2.41. The monoisotopic (exact) mass is 344 g/mol. The van der Waals surface area contributed by atoms with Crippen LogP contribution in [-0.4, -0.2) is 54.0 Å². The van der Waals surface area contributed by atoms with Crippen molar-refractivity contribution in [2.45, 2.75) is 25.4 Å². The summed E-state index contributed by atoms with van der Waals surface area (Å²) in [6, 6.07) is 0. The summed E-state index contributed by atoms with van der Waals surface area (Å²) in [5.74, 6) is 1.37. The standard InChI is InChI=1S/C13H21BrN4O2/c1-3-15-12-16-8-10(14)11(17-12)18(2)9-13(19)4-6-20-7-5-13/h8,19H,3-7,9H2,1-2H3,(H,15,16,17). The lowest BCUT2D eigenvalue weighted by Crippen LogP contribution is -2.46. The van der Waals surface area contributed by atoms with Gasteiger partial charge in [-0.2, -0.15) is 4.98 Å². The molecule has 1 aromatic heterocycles. The van der Waals surface area contributed by atoms with Gasteiger partial charge in [-0.3, -0.25) is 0 Å². The molecule has 0 saturated carbocycles. The third-order valence-electron chi connectivity index (χ3n) is 3.38. The van der Waals surface area contributed by atoms with Crippen LogP contribution in [-0.2, 0) is 4.74 Å². The van der Waals surface area contributed by atoms with Gasteiger partial charge in [0.2, 0.25) is 5.95 Å². The molecule has 0 bridgehead atoms. The predicted octanol–water partition coefficient (Wildman–Crippen LogP) is 1.65. The fraction of sp³-hybridized carbons (Fsp3) is 0.692. The summed E-state index contributed by atoms with van der Waals surface area (Å²) in [6.45, 7) is 4.51. The number of nitrogens with zero attached hydrogens (tertiary/aromatic N) is 3. The number of rotatable bonds is 5. The van der Waals surface area contributed by atoms with E-state index in [-0.39, 0.29) is 0 Å². The topological polar surface area (TPSA) is 70.5 Å². The van der Waals surface area contributed by atoms with Crippen molar-refractivity contribution in [2.75, 3.05) is 43.6 Å². The van der Waals surface area contributed by atoms with Crippen molar-refractivity contribution in [3.05, 3.63) is 10.7 Å². The molecule has 112 valence electrons. The minimum atomic E-state index is -0.713. The smallest absolute Gasteiger partial charge is 0.224 e. The molecule has 0 aliphatic carbocycles. The minimum absolute atomic E-state index is 0.525. The molecule has 2 rings (SSSR count). The van der Waals surface area contributed by atoms with E-state index in [9.17, 15) is 5.11 Å². The van der Waals surface area contributed by atoms with Crippen LogP contribution in [0, 0.1) is 0 Å². The van der Waals surface area contributed by atoms with Crippen molar-refractivity contribution in [1.29, 1.82) is 0 Å². The maximum atomic E-state index is 10.6. The summed E-state index contributed by atoms with van der Waals surface area (Å²) < 4.78 is 6.12. The van der Waals surface area contributed by atoms with Crippen LogP contribution in [0.1, 0.15) is 19.8 Å². The van der Waals surface area contributed by atoms with E-state index in [1.54, 1.807) is 6.20 Å². The Bertz CT molecular complexity index is 452. The predicted molar refractivity (Wildman–Crippen MR) is 82.2 cm³/mol. The molecule has 0 aromatic carbocycles. The Balaban J connectivity index is 2.11. The van der Waals surface area contributed by atoms with E-state index in [2.05, 4.69) is 31.2 Å². The number of hydrogen-bond donors (Lipinski definition) is 2. The molecule has 0 unspecified atom stereocenters. The molecule has 7 heteroatoms. The van der Waals surface area contributed by atoms with Gasteiger partial charge in [-0.15, -0.1) is 0 Å². The lowest BCUT2D eigenvalue weighted by Gasteiger charge is -2.36. The molecule has 2 heterocycles. The largest absolute Gasteiger partial charge is 0.388 e. The number of halogens is 1. The van der Waals surface area contributed by atoms with Crippen LogP contribution in [0.4, 0.5) is 11.8 Å². The molecule has 1 fully saturated rings. The molecular weight excluding hydrogens is 324 g/mol. The number of hydrogen-bond acceptors (Lipinski definition) is 6. The van der Waals surface area contributed by atoms with E-state index in [4.69, 9.17) is 4.74 Å². The maximum Gasteiger partial charge on any atom is 0.224 e. The van der Waals surface area contributed by atoms with Gasteiger partial charge in [0.25, 0.3) is 0 Å². The Labute approximate surface area is 127 Å². The van der Waals surface area contributed by atoms with Crippen LogP contribution < -0.4 is 10.2 Å². The van der Waals surface area contributed by atoms with E-state index >= 15 is 0 Å². The second-order valence-corrected chi connectivity index (χ2v) is 5.94. The van der Waals surface area contributed by atoms with Gasteiger partial charge in [-0.1, -0.05) is 0 Å². The van der Waals surface area contributed by atoms with Crippen molar-refractivity contribution in [3.63, 3.8) is 0 Å². The van der Waals surface area contributed by atoms with E-state index in [0.717, 1.165) is 16.8 Å². The molecule has 20 heavy (non-hydrogen) atoms. The zero-order valence-electron chi connectivity index (χ0n) is 11.9. The molecule has 0 atom stereocenters. The lowest BCUT2D eigenvalue weighted by molar-refractivity contribution is -0.0573. The van der Waals surface area contributed by atoms with Gasteiger partial charge in [0.05, 0.1) is 10.1 Å². The Hall–Kier alpha value is -0.920. The highest BCUT2D eigenvalue weighted by Crippen LogP contribution is 2.27. The van der Waals surface area contributed by atoms with Crippen molar-refractivity contribution in [3.8, 4) is 0 Å². The Morgan fingerprint density at radius 1 is 1.50 bits per heavy atom. The van der Waals surface area contributed by atoms with E-state index in [1.165, 1.54) is 0 Å². The quantitative estimate of drug-likeness (QED) is 0.846. The highest BCUT2D eigenvalue weighted by molar-refractivity contribution is 9.10. The Kier molecular flexibility index (Phi) is 5.17. The Morgan fingerprint density at radius 3 is 2.85 bits per heavy atom. The van der Waals surface area contributed by atoms with Crippen molar-refractivity contribution in [1.82, 2.24) is 9.97 Å². The zero-order chi connectivity index (χ0) is 14.6. The molecule has 0 spiro atoms. The van der Waals surface area contributed by atoms with Gasteiger partial charge >= 0.3 is 0 Å². The summed E-state index contributed by atoms with van der Waals surface area (Å²) >= 11 is 3.46. The summed E-state index contributed by atoms with van der Waals surface area (Å²) in [4.78, 5) is 10.6. The third-order valence-corrected chi connectivity index (χ3v) is 3.94.